The van der Waals surface area contributed by atoms with Crippen LogP contribution >= 0.6 is 23.1 Å². The number of rotatable bonds is 7. The zero-order chi connectivity index (χ0) is 18.4. The van der Waals surface area contributed by atoms with Crippen LogP contribution in [0.5, 0.6) is 0 Å². The van der Waals surface area contributed by atoms with Gasteiger partial charge in [-0.2, -0.15) is 0 Å². The van der Waals surface area contributed by atoms with Gasteiger partial charge in [-0.25, -0.2) is 0 Å². The molecule has 0 fully saturated rings. The van der Waals surface area contributed by atoms with E-state index in [0.717, 1.165) is 16.3 Å². The van der Waals surface area contributed by atoms with Crippen LogP contribution in [-0.2, 0) is 11.2 Å². The number of nitrogens with zero attached hydrogens (tertiary/aromatic N) is 3. The third-order valence-corrected chi connectivity index (χ3v) is 6.15. The first-order chi connectivity index (χ1) is 12.6. The van der Waals surface area contributed by atoms with E-state index in [1.165, 1.54) is 22.5 Å². The summed E-state index contributed by atoms with van der Waals surface area (Å²) in [7, 11) is 0. The van der Waals surface area contributed by atoms with Crippen LogP contribution in [-0.4, -0.2) is 21.1 Å². The van der Waals surface area contributed by atoms with Gasteiger partial charge in [-0.3, -0.25) is 9.78 Å². The van der Waals surface area contributed by atoms with E-state index >= 15 is 0 Å². The summed E-state index contributed by atoms with van der Waals surface area (Å²) in [6, 6.07) is 12.0. The van der Waals surface area contributed by atoms with Crippen molar-refractivity contribution in [3.8, 4) is 0 Å². The normalized spacial score (nSPS) is 11.9. The molecule has 2 aromatic heterocycles. The van der Waals surface area contributed by atoms with E-state index in [1.807, 2.05) is 43.5 Å². The van der Waals surface area contributed by atoms with Crippen molar-refractivity contribution in [2.24, 2.45) is 0 Å². The van der Waals surface area contributed by atoms with E-state index in [2.05, 4.69) is 33.5 Å². The number of benzene rings is 1. The van der Waals surface area contributed by atoms with E-state index in [9.17, 15) is 4.79 Å². The second-order valence-electron chi connectivity index (χ2n) is 5.88. The standard InChI is InChI=1S/C19H20N4OS2/c1-3-16(15-5-4-10-20-12-15)25-19-23-22-18(26-19)21-17(24)11-14-8-6-13(2)7-9-14/h4-10,12,16H,3,11H2,1-2H3,(H,21,22,24). The molecule has 0 aliphatic rings. The summed E-state index contributed by atoms with van der Waals surface area (Å²) in [5, 5.41) is 11.9. The molecule has 134 valence electrons. The molecule has 0 radical (unpaired) electrons. The van der Waals surface area contributed by atoms with Crippen LogP contribution in [0, 0.1) is 6.92 Å². The Hall–Kier alpha value is -2.25. The van der Waals surface area contributed by atoms with Gasteiger partial charge in [0.1, 0.15) is 0 Å². The van der Waals surface area contributed by atoms with Crippen molar-refractivity contribution in [1.82, 2.24) is 15.2 Å². The SMILES string of the molecule is CCC(Sc1nnc(NC(=O)Cc2ccc(C)cc2)s1)c1cccnc1. The van der Waals surface area contributed by atoms with Crippen molar-refractivity contribution in [2.45, 2.75) is 36.3 Å². The van der Waals surface area contributed by atoms with Gasteiger partial charge in [0.2, 0.25) is 11.0 Å². The van der Waals surface area contributed by atoms with Crippen LogP contribution in [0.25, 0.3) is 0 Å². The molecular formula is C19H20N4OS2. The first-order valence-corrected chi connectivity index (χ1v) is 10.1. The second-order valence-corrected chi connectivity index (χ2v) is 8.31. The van der Waals surface area contributed by atoms with Gasteiger partial charge in [0.05, 0.1) is 6.42 Å². The van der Waals surface area contributed by atoms with E-state index in [-0.39, 0.29) is 11.2 Å². The summed E-state index contributed by atoms with van der Waals surface area (Å²) < 4.78 is 0.839. The van der Waals surface area contributed by atoms with Crippen molar-refractivity contribution in [2.75, 3.05) is 5.32 Å². The topological polar surface area (TPSA) is 67.8 Å². The Morgan fingerprint density at radius 2 is 2.04 bits per heavy atom. The fourth-order valence-electron chi connectivity index (χ4n) is 2.44. The van der Waals surface area contributed by atoms with Gasteiger partial charge in [-0.15, -0.1) is 10.2 Å². The number of aryl methyl sites for hydroxylation is 1. The maximum Gasteiger partial charge on any atom is 0.230 e. The molecular weight excluding hydrogens is 364 g/mol. The smallest absolute Gasteiger partial charge is 0.230 e. The zero-order valence-electron chi connectivity index (χ0n) is 14.7. The third kappa shape index (κ3) is 5.12. The van der Waals surface area contributed by atoms with Crippen molar-refractivity contribution in [1.29, 1.82) is 0 Å². The number of nitrogens with one attached hydrogen (secondary N) is 1. The summed E-state index contributed by atoms with van der Waals surface area (Å²) in [4.78, 5) is 16.4. The van der Waals surface area contributed by atoms with E-state index in [1.54, 1.807) is 18.0 Å². The first kappa shape index (κ1) is 18.5. The Bertz CT molecular complexity index is 849. The van der Waals surface area contributed by atoms with Gasteiger partial charge in [0.25, 0.3) is 0 Å². The molecule has 7 heteroatoms. The van der Waals surface area contributed by atoms with Gasteiger partial charge < -0.3 is 5.32 Å². The van der Waals surface area contributed by atoms with E-state index in [4.69, 9.17) is 0 Å². The number of thioether (sulfide) groups is 1. The van der Waals surface area contributed by atoms with E-state index in [0.29, 0.717) is 11.6 Å². The number of hydrogen-bond acceptors (Lipinski definition) is 6. The average molecular weight is 385 g/mol. The van der Waals surface area contributed by atoms with Crippen LogP contribution in [0.4, 0.5) is 5.13 Å². The Morgan fingerprint density at radius 1 is 1.23 bits per heavy atom. The van der Waals surface area contributed by atoms with Crippen molar-refractivity contribution in [3.63, 3.8) is 0 Å². The maximum absolute atomic E-state index is 12.2. The molecule has 2 heterocycles. The lowest BCUT2D eigenvalue weighted by Gasteiger charge is -2.11. The lowest BCUT2D eigenvalue weighted by Crippen LogP contribution is -2.14. The maximum atomic E-state index is 12.2. The monoisotopic (exact) mass is 384 g/mol. The predicted octanol–water partition coefficient (Wildman–Crippen LogP) is 4.67. The predicted molar refractivity (Wildman–Crippen MR) is 107 cm³/mol. The fourth-order valence-corrected chi connectivity index (χ4v) is 4.48. The molecule has 0 aliphatic carbocycles. The lowest BCUT2D eigenvalue weighted by molar-refractivity contribution is -0.115. The van der Waals surface area contributed by atoms with Crippen LogP contribution in [0.3, 0.4) is 0 Å². The lowest BCUT2D eigenvalue weighted by atomic mass is 10.1. The van der Waals surface area contributed by atoms with Crippen molar-refractivity contribution in [3.05, 3.63) is 65.5 Å². The van der Waals surface area contributed by atoms with E-state index < -0.39 is 0 Å². The fraction of sp³-hybridized carbons (Fsp3) is 0.263. The molecule has 3 rings (SSSR count). The number of amides is 1. The van der Waals surface area contributed by atoms with Crippen molar-refractivity contribution < 1.29 is 4.79 Å². The molecule has 0 saturated heterocycles. The van der Waals surface area contributed by atoms with Gasteiger partial charge in [0, 0.05) is 17.6 Å². The molecule has 0 saturated carbocycles. The molecule has 26 heavy (non-hydrogen) atoms. The summed E-state index contributed by atoms with van der Waals surface area (Å²) in [5.74, 6) is -0.0825. The van der Waals surface area contributed by atoms with Gasteiger partial charge in [0.15, 0.2) is 4.34 Å². The summed E-state index contributed by atoms with van der Waals surface area (Å²) in [6.45, 7) is 4.16. The van der Waals surface area contributed by atoms with Crippen LogP contribution in [0.1, 0.15) is 35.3 Å². The van der Waals surface area contributed by atoms with Gasteiger partial charge in [-0.05, 0) is 30.5 Å². The highest BCUT2D eigenvalue weighted by molar-refractivity contribution is 8.01. The molecule has 1 N–H and O–H groups in total. The summed E-state index contributed by atoms with van der Waals surface area (Å²) >= 11 is 3.05. The highest BCUT2D eigenvalue weighted by Gasteiger charge is 2.15. The van der Waals surface area contributed by atoms with Gasteiger partial charge >= 0.3 is 0 Å². The minimum absolute atomic E-state index is 0.0825. The highest BCUT2D eigenvalue weighted by atomic mass is 32.2. The minimum atomic E-state index is -0.0825. The molecule has 3 aromatic rings. The number of anilines is 1. The number of hydrogen-bond donors (Lipinski definition) is 1. The molecule has 5 nitrogen and oxygen atoms in total. The Morgan fingerprint density at radius 3 is 2.73 bits per heavy atom. The number of pyridine rings is 1. The largest absolute Gasteiger partial charge is 0.300 e. The van der Waals surface area contributed by atoms with Gasteiger partial charge in [-0.1, -0.05) is 65.9 Å². The molecule has 0 bridgehead atoms. The summed E-state index contributed by atoms with van der Waals surface area (Å²) in [6.07, 6.45) is 4.95. The Balaban J connectivity index is 1.58. The van der Waals surface area contributed by atoms with Crippen LogP contribution < -0.4 is 5.32 Å². The average Bonchev–Trinajstić information content (AvgIpc) is 3.09. The second kappa shape index (κ2) is 8.91. The minimum Gasteiger partial charge on any atom is -0.300 e. The first-order valence-electron chi connectivity index (χ1n) is 8.39. The zero-order valence-corrected chi connectivity index (χ0v) is 16.3. The van der Waals surface area contributed by atoms with Crippen LogP contribution in [0.15, 0.2) is 53.1 Å². The highest BCUT2D eigenvalue weighted by Crippen LogP contribution is 2.39. The number of aromatic nitrogens is 3. The van der Waals surface area contributed by atoms with Crippen molar-refractivity contribution >= 4 is 34.1 Å². The van der Waals surface area contributed by atoms with Crippen LogP contribution in [0.2, 0.25) is 0 Å². The quantitative estimate of drug-likeness (QED) is 0.474. The molecule has 1 amide bonds. The molecule has 1 aromatic carbocycles. The molecule has 1 unspecified atom stereocenters. The Kier molecular flexibility index (Phi) is 6.35. The number of carbonyl (C=O) groups excluding carboxylic acids is 1. The summed E-state index contributed by atoms with van der Waals surface area (Å²) in [5.41, 5.74) is 3.33. The molecule has 0 spiro atoms. The molecule has 1 atom stereocenters. The third-order valence-electron chi connectivity index (χ3n) is 3.81. The number of carbonyl (C=O) groups is 1. The Labute approximate surface area is 161 Å². The molecule has 0 aliphatic heterocycles.